The van der Waals surface area contributed by atoms with Crippen molar-refractivity contribution in [1.82, 2.24) is 9.97 Å². The van der Waals surface area contributed by atoms with Crippen molar-refractivity contribution < 1.29 is 22.8 Å². The summed E-state index contributed by atoms with van der Waals surface area (Å²) in [7, 11) is 0. The molecule has 2 rings (SSSR count). The van der Waals surface area contributed by atoms with Crippen LogP contribution < -0.4 is 10.6 Å². The van der Waals surface area contributed by atoms with Gasteiger partial charge in [-0.1, -0.05) is 30.0 Å². The number of nitrogens with two attached hydrogens (primary N) is 1. The molecule has 0 atom stereocenters. The summed E-state index contributed by atoms with van der Waals surface area (Å²) >= 11 is 0.786. The Morgan fingerprint density at radius 1 is 1.15 bits per heavy atom. The summed E-state index contributed by atoms with van der Waals surface area (Å²) in [5.41, 5.74) is 4.62. The van der Waals surface area contributed by atoms with Gasteiger partial charge in [-0.25, -0.2) is 9.97 Å². The number of carbonyl (C=O) groups excluding carboxylic acids is 2. The highest BCUT2D eigenvalue weighted by Crippen LogP contribution is 2.28. The quantitative estimate of drug-likeness (QED) is 0.585. The summed E-state index contributed by atoms with van der Waals surface area (Å²) in [6, 6.07) is 9.35. The van der Waals surface area contributed by atoms with E-state index in [4.69, 9.17) is 5.73 Å². The highest BCUT2D eigenvalue weighted by Gasteiger charge is 2.32. The predicted octanol–water partition coefficient (Wildman–Crippen LogP) is 2.50. The Balaban J connectivity index is 2.08. The first kappa shape index (κ1) is 19.7. The van der Waals surface area contributed by atoms with E-state index in [1.54, 1.807) is 30.3 Å². The highest BCUT2D eigenvalue weighted by molar-refractivity contribution is 7.99. The van der Waals surface area contributed by atoms with Crippen LogP contribution in [0.3, 0.4) is 0 Å². The van der Waals surface area contributed by atoms with Crippen molar-refractivity contribution in [2.45, 2.75) is 17.8 Å². The Morgan fingerprint density at radius 2 is 1.85 bits per heavy atom. The Hall–Kier alpha value is -2.62. The zero-order chi connectivity index (χ0) is 19.2. The molecule has 0 saturated heterocycles. The van der Waals surface area contributed by atoms with E-state index in [-0.39, 0.29) is 23.9 Å². The van der Waals surface area contributed by atoms with Crippen LogP contribution >= 0.6 is 11.8 Å². The fraction of sp³-hybridized carbons (Fsp3) is 0.250. The number of carbonyl (C=O) groups is 2. The molecule has 2 amide bonds. The second kappa shape index (κ2) is 8.65. The Labute approximate surface area is 151 Å². The van der Waals surface area contributed by atoms with Gasteiger partial charge in [-0.15, -0.1) is 0 Å². The van der Waals surface area contributed by atoms with E-state index in [2.05, 4.69) is 9.97 Å². The van der Waals surface area contributed by atoms with Crippen molar-refractivity contribution in [3.05, 3.63) is 48.3 Å². The third kappa shape index (κ3) is 5.73. The lowest BCUT2D eigenvalue weighted by Gasteiger charge is -2.22. The Kier molecular flexibility index (Phi) is 6.56. The summed E-state index contributed by atoms with van der Waals surface area (Å²) in [4.78, 5) is 32.0. The van der Waals surface area contributed by atoms with E-state index in [9.17, 15) is 22.8 Å². The van der Waals surface area contributed by atoms with Gasteiger partial charge in [0.25, 0.3) is 0 Å². The number of rotatable bonds is 7. The molecule has 2 aromatic rings. The van der Waals surface area contributed by atoms with Crippen LogP contribution in [-0.2, 0) is 15.8 Å². The number of aromatic nitrogens is 2. The van der Waals surface area contributed by atoms with Crippen LogP contribution in [0.25, 0.3) is 0 Å². The number of thioether (sulfide) groups is 1. The van der Waals surface area contributed by atoms with E-state index in [0.29, 0.717) is 5.69 Å². The van der Waals surface area contributed by atoms with E-state index in [1.165, 1.54) is 4.90 Å². The number of amides is 2. The molecule has 0 unspecified atom stereocenters. The Bertz CT molecular complexity index is 772. The second-order valence-electron chi connectivity index (χ2n) is 5.11. The van der Waals surface area contributed by atoms with Crippen molar-refractivity contribution in [3.8, 4) is 0 Å². The maximum Gasteiger partial charge on any atom is 0.433 e. The predicted molar refractivity (Wildman–Crippen MR) is 90.4 cm³/mol. The molecular weight excluding hydrogens is 369 g/mol. The molecule has 6 nitrogen and oxygen atoms in total. The maximum atomic E-state index is 12.7. The molecule has 0 spiro atoms. The van der Waals surface area contributed by atoms with E-state index >= 15 is 0 Å². The van der Waals surface area contributed by atoms with E-state index < -0.39 is 23.7 Å². The summed E-state index contributed by atoms with van der Waals surface area (Å²) in [6.45, 7) is 0.0716. The van der Waals surface area contributed by atoms with Gasteiger partial charge in [-0.2, -0.15) is 13.2 Å². The van der Waals surface area contributed by atoms with Gasteiger partial charge in [0.2, 0.25) is 11.8 Å². The summed E-state index contributed by atoms with van der Waals surface area (Å²) in [5.74, 6) is -1.15. The van der Waals surface area contributed by atoms with Crippen molar-refractivity contribution in [1.29, 1.82) is 0 Å². The van der Waals surface area contributed by atoms with Crippen molar-refractivity contribution in [3.63, 3.8) is 0 Å². The van der Waals surface area contributed by atoms with Crippen LogP contribution in [0.2, 0.25) is 0 Å². The van der Waals surface area contributed by atoms with Crippen molar-refractivity contribution in [2.75, 3.05) is 17.2 Å². The van der Waals surface area contributed by atoms with Gasteiger partial charge in [0.15, 0.2) is 5.16 Å². The lowest BCUT2D eigenvalue weighted by Crippen LogP contribution is -2.35. The monoisotopic (exact) mass is 384 g/mol. The normalized spacial score (nSPS) is 11.2. The number of alkyl halides is 3. The van der Waals surface area contributed by atoms with Crippen molar-refractivity contribution in [2.24, 2.45) is 5.73 Å². The van der Waals surface area contributed by atoms with E-state index in [0.717, 1.165) is 24.0 Å². The van der Waals surface area contributed by atoms with Crippen LogP contribution in [-0.4, -0.2) is 34.1 Å². The molecule has 1 aromatic carbocycles. The number of hydrogen-bond donors (Lipinski definition) is 1. The number of nitrogens with zero attached hydrogens (tertiary/aromatic N) is 3. The first-order valence-electron chi connectivity index (χ1n) is 7.44. The zero-order valence-electron chi connectivity index (χ0n) is 13.4. The Morgan fingerprint density at radius 3 is 2.46 bits per heavy atom. The second-order valence-corrected chi connectivity index (χ2v) is 6.05. The number of benzene rings is 1. The SMILES string of the molecule is NC(=O)CCN(C(=O)CSc1nccc(C(F)(F)F)n1)c1ccccc1. The van der Waals surface area contributed by atoms with Crippen LogP contribution in [0.4, 0.5) is 18.9 Å². The average molecular weight is 384 g/mol. The molecular formula is C16H15F3N4O2S. The first-order chi connectivity index (χ1) is 12.3. The number of anilines is 1. The van der Waals surface area contributed by atoms with Crippen molar-refractivity contribution >= 4 is 29.3 Å². The van der Waals surface area contributed by atoms with Gasteiger partial charge in [0.05, 0.1) is 5.75 Å². The van der Waals surface area contributed by atoms with Gasteiger partial charge in [0.1, 0.15) is 5.69 Å². The number of primary amides is 1. The molecule has 0 bridgehead atoms. The summed E-state index contributed by atoms with van der Waals surface area (Å²) in [6.07, 6.45) is -3.63. The van der Waals surface area contributed by atoms with Crippen LogP contribution in [0.15, 0.2) is 47.8 Å². The lowest BCUT2D eigenvalue weighted by atomic mass is 10.2. The third-order valence-electron chi connectivity index (χ3n) is 3.20. The van der Waals surface area contributed by atoms with Crippen LogP contribution in [0.1, 0.15) is 12.1 Å². The molecule has 0 fully saturated rings. The van der Waals surface area contributed by atoms with Gasteiger partial charge in [-0.3, -0.25) is 9.59 Å². The molecule has 0 aliphatic heterocycles. The van der Waals surface area contributed by atoms with Gasteiger partial charge in [-0.05, 0) is 18.2 Å². The van der Waals surface area contributed by atoms with E-state index in [1.807, 2.05) is 0 Å². The fourth-order valence-corrected chi connectivity index (χ4v) is 2.71. The molecule has 0 radical (unpaired) electrons. The molecule has 26 heavy (non-hydrogen) atoms. The number of halogens is 3. The standard InChI is InChI=1S/C16H15F3N4O2S/c17-16(18,19)12-6-8-21-15(22-12)26-10-14(25)23(9-7-13(20)24)11-4-2-1-3-5-11/h1-6,8H,7,9-10H2,(H2,20,24). The minimum absolute atomic E-state index is 0.0363. The molecule has 1 aromatic heterocycles. The van der Waals surface area contributed by atoms with Gasteiger partial charge >= 0.3 is 6.18 Å². The minimum atomic E-state index is -4.58. The number of para-hydroxylation sites is 1. The molecule has 138 valence electrons. The highest BCUT2D eigenvalue weighted by atomic mass is 32.2. The minimum Gasteiger partial charge on any atom is -0.370 e. The first-order valence-corrected chi connectivity index (χ1v) is 8.42. The molecule has 10 heteroatoms. The van der Waals surface area contributed by atoms with Gasteiger partial charge in [0, 0.05) is 24.8 Å². The molecule has 0 aliphatic rings. The van der Waals surface area contributed by atoms with Gasteiger partial charge < -0.3 is 10.6 Å². The number of hydrogen-bond acceptors (Lipinski definition) is 5. The summed E-state index contributed by atoms with van der Waals surface area (Å²) in [5, 5.41) is -0.156. The van der Waals surface area contributed by atoms with Crippen LogP contribution in [0, 0.1) is 0 Å². The topological polar surface area (TPSA) is 89.2 Å². The lowest BCUT2D eigenvalue weighted by molar-refractivity contribution is -0.141. The largest absolute Gasteiger partial charge is 0.433 e. The fourth-order valence-electron chi connectivity index (χ4n) is 2.00. The summed E-state index contributed by atoms with van der Waals surface area (Å²) < 4.78 is 38.0. The molecule has 0 aliphatic carbocycles. The molecule has 0 saturated carbocycles. The molecule has 1 heterocycles. The zero-order valence-corrected chi connectivity index (χ0v) is 14.3. The van der Waals surface area contributed by atoms with Crippen LogP contribution in [0.5, 0.6) is 0 Å². The smallest absolute Gasteiger partial charge is 0.370 e. The average Bonchev–Trinajstić information content (AvgIpc) is 2.60. The molecule has 2 N–H and O–H groups in total. The maximum absolute atomic E-state index is 12.7. The third-order valence-corrected chi connectivity index (χ3v) is 4.05.